The van der Waals surface area contributed by atoms with E-state index in [1.807, 2.05) is 0 Å². The molecule has 0 rings (SSSR count). The molecule has 0 aromatic carbocycles. The molecule has 0 aromatic rings. The average molecular weight is 343 g/mol. The van der Waals surface area contributed by atoms with Gasteiger partial charge in [0, 0.05) is 0 Å². The summed E-state index contributed by atoms with van der Waals surface area (Å²) >= 11 is 0.109. The molecule has 16 heavy (non-hydrogen) atoms. The lowest BCUT2D eigenvalue weighted by atomic mass is 10.3. The van der Waals surface area contributed by atoms with Crippen molar-refractivity contribution in [1.29, 1.82) is 0 Å². The van der Waals surface area contributed by atoms with E-state index < -0.39 is 39.0 Å². The second-order valence-corrected chi connectivity index (χ2v) is 4.59. The Balaban J connectivity index is 5.42. The van der Waals surface area contributed by atoms with Gasteiger partial charge < -0.3 is 0 Å². The number of thioether (sulfide) groups is 1. The van der Waals surface area contributed by atoms with Crippen LogP contribution in [0.25, 0.3) is 0 Å². The molecule has 0 amide bonds. The van der Waals surface area contributed by atoms with E-state index in [2.05, 4.69) is 0 Å². The summed E-state index contributed by atoms with van der Waals surface area (Å²) in [7, 11) is 0. The Morgan fingerprint density at radius 2 is 1.06 bits per heavy atom. The lowest BCUT2D eigenvalue weighted by Gasteiger charge is -2.17. The summed E-state index contributed by atoms with van der Waals surface area (Å²) in [5.74, 6) is 0. The van der Waals surface area contributed by atoms with Crippen LogP contribution in [0.1, 0.15) is 0 Å². The van der Waals surface area contributed by atoms with Gasteiger partial charge in [-0.2, -0.15) is 39.5 Å². The standard InChI is InChI=1S/C5BrF9S/c6-2(16-5(13,14)15)1(3(7,8)9)4(10,11)12. The van der Waals surface area contributed by atoms with E-state index >= 15 is 0 Å². The van der Waals surface area contributed by atoms with Crippen molar-refractivity contribution in [3.63, 3.8) is 0 Å². The van der Waals surface area contributed by atoms with Crippen LogP contribution in [-0.2, 0) is 0 Å². The van der Waals surface area contributed by atoms with Gasteiger partial charge in [-0.05, 0) is 27.7 Å². The maximum Gasteiger partial charge on any atom is 0.446 e. The molecule has 0 nitrogen and oxygen atoms in total. The van der Waals surface area contributed by atoms with Gasteiger partial charge in [-0.1, -0.05) is 0 Å². The highest BCUT2D eigenvalue weighted by molar-refractivity contribution is 9.14. The van der Waals surface area contributed by atoms with E-state index in [1.54, 1.807) is 15.9 Å². The maximum atomic E-state index is 11.9. The highest BCUT2D eigenvalue weighted by Crippen LogP contribution is 2.49. The number of rotatable bonds is 1. The first-order valence-electron chi connectivity index (χ1n) is 3.05. The topological polar surface area (TPSA) is 0 Å². The third kappa shape index (κ3) is 5.32. The lowest BCUT2D eigenvalue weighted by Crippen LogP contribution is -2.27. The number of halogens is 10. The highest BCUT2D eigenvalue weighted by atomic mass is 79.9. The Hall–Kier alpha value is -0.0600. The molecule has 0 radical (unpaired) electrons. The van der Waals surface area contributed by atoms with Crippen LogP contribution in [0.15, 0.2) is 9.39 Å². The van der Waals surface area contributed by atoms with Crippen LogP contribution in [0.2, 0.25) is 0 Å². The van der Waals surface area contributed by atoms with Crippen LogP contribution in [0.3, 0.4) is 0 Å². The molecule has 0 heterocycles. The van der Waals surface area contributed by atoms with Gasteiger partial charge in [-0.3, -0.25) is 0 Å². The molecule has 0 saturated heterocycles. The SMILES string of the molecule is FC(F)(F)SC(Br)=C(C(F)(F)F)C(F)(F)F. The van der Waals surface area contributed by atoms with Crippen LogP contribution >= 0.6 is 27.7 Å². The zero-order valence-electron chi connectivity index (χ0n) is 6.69. The molecule has 0 aromatic heterocycles. The maximum absolute atomic E-state index is 11.9. The Labute approximate surface area is 95.0 Å². The van der Waals surface area contributed by atoms with Crippen LogP contribution in [-0.4, -0.2) is 17.9 Å². The zero-order valence-corrected chi connectivity index (χ0v) is 9.09. The fraction of sp³-hybridized carbons (Fsp3) is 0.600. The summed E-state index contributed by atoms with van der Waals surface area (Å²) in [6, 6.07) is 0. The summed E-state index contributed by atoms with van der Waals surface area (Å²) < 4.78 is 104. The van der Waals surface area contributed by atoms with Crippen molar-refractivity contribution >= 4 is 27.7 Å². The minimum Gasteiger partial charge on any atom is -0.166 e. The molecule has 0 N–H and O–H groups in total. The third-order valence-electron chi connectivity index (χ3n) is 0.969. The summed E-state index contributed by atoms with van der Waals surface area (Å²) in [5.41, 5.74) is -8.47. The van der Waals surface area contributed by atoms with E-state index in [1.165, 1.54) is 0 Å². The fourth-order valence-electron chi connectivity index (χ4n) is 0.536. The Morgan fingerprint density at radius 3 is 1.25 bits per heavy atom. The van der Waals surface area contributed by atoms with Crippen molar-refractivity contribution in [2.75, 3.05) is 0 Å². The minimum absolute atomic E-state index is 1.53. The summed E-state index contributed by atoms with van der Waals surface area (Å²) in [6.45, 7) is 0. The van der Waals surface area contributed by atoms with Crippen LogP contribution < -0.4 is 0 Å². The first-order chi connectivity index (χ1) is 6.75. The van der Waals surface area contributed by atoms with Gasteiger partial charge in [-0.15, -0.1) is 0 Å². The molecule has 0 aliphatic heterocycles. The van der Waals surface area contributed by atoms with Gasteiger partial charge in [0.15, 0.2) is 5.57 Å². The monoisotopic (exact) mass is 342 g/mol. The minimum atomic E-state index is -5.92. The quantitative estimate of drug-likeness (QED) is 0.606. The molecule has 0 bridgehead atoms. The summed E-state index contributed by atoms with van der Waals surface area (Å²) in [6.07, 6.45) is -11.8. The van der Waals surface area contributed by atoms with E-state index in [0.29, 0.717) is 0 Å². The number of hydrogen-bond acceptors (Lipinski definition) is 1. The second kappa shape index (κ2) is 4.67. The van der Waals surface area contributed by atoms with Crippen molar-refractivity contribution < 1.29 is 39.5 Å². The summed E-state index contributed by atoms with van der Waals surface area (Å²) in [4.78, 5) is 0. The normalized spacial score (nSPS) is 13.9. The average Bonchev–Trinajstić information content (AvgIpc) is 1.70. The van der Waals surface area contributed by atoms with Crippen molar-refractivity contribution in [2.24, 2.45) is 0 Å². The molecule has 0 fully saturated rings. The molecular weight excluding hydrogens is 343 g/mol. The van der Waals surface area contributed by atoms with Crippen molar-refractivity contribution in [3.05, 3.63) is 9.39 Å². The predicted octanol–water partition coefficient (Wildman–Crippen LogP) is 4.97. The van der Waals surface area contributed by atoms with Gasteiger partial charge in [0.1, 0.15) is 0 Å². The van der Waals surface area contributed by atoms with E-state index in [-0.39, 0.29) is 0 Å². The first kappa shape index (κ1) is 15.9. The highest BCUT2D eigenvalue weighted by Gasteiger charge is 2.54. The Kier molecular flexibility index (Phi) is 4.65. The molecule has 0 unspecified atom stereocenters. The first-order valence-corrected chi connectivity index (χ1v) is 4.66. The molecule has 11 heteroatoms. The zero-order chi connectivity index (χ0) is 13.4. The molecular formula is C5BrF9S. The number of hydrogen-bond donors (Lipinski definition) is 0. The number of alkyl halides is 9. The van der Waals surface area contributed by atoms with Gasteiger partial charge in [0.2, 0.25) is 0 Å². The predicted molar refractivity (Wildman–Crippen MR) is 41.7 cm³/mol. The van der Waals surface area contributed by atoms with Gasteiger partial charge in [-0.25, -0.2) is 0 Å². The molecule has 0 aliphatic rings. The second-order valence-electron chi connectivity index (χ2n) is 2.19. The van der Waals surface area contributed by atoms with Crippen LogP contribution in [0, 0.1) is 0 Å². The lowest BCUT2D eigenvalue weighted by molar-refractivity contribution is -0.171. The van der Waals surface area contributed by atoms with Crippen molar-refractivity contribution in [3.8, 4) is 0 Å². The summed E-state index contributed by atoms with van der Waals surface area (Å²) in [5, 5.41) is 0. The molecule has 0 aliphatic carbocycles. The van der Waals surface area contributed by atoms with Gasteiger partial charge >= 0.3 is 17.9 Å². The van der Waals surface area contributed by atoms with E-state index in [9.17, 15) is 39.5 Å². The van der Waals surface area contributed by atoms with Gasteiger partial charge in [0.05, 0.1) is 3.81 Å². The van der Waals surface area contributed by atoms with Crippen molar-refractivity contribution in [1.82, 2.24) is 0 Å². The van der Waals surface area contributed by atoms with Crippen molar-refractivity contribution in [2.45, 2.75) is 17.9 Å². The van der Waals surface area contributed by atoms with Crippen LogP contribution in [0.5, 0.6) is 0 Å². The van der Waals surface area contributed by atoms with E-state index in [0.717, 1.165) is 0 Å². The number of allylic oxidation sites excluding steroid dienone is 1. The Morgan fingerprint density at radius 1 is 0.750 bits per heavy atom. The molecule has 0 saturated carbocycles. The molecule has 0 spiro atoms. The smallest absolute Gasteiger partial charge is 0.166 e. The molecule has 96 valence electrons. The fourth-order valence-corrected chi connectivity index (χ4v) is 2.07. The van der Waals surface area contributed by atoms with Crippen LogP contribution in [0.4, 0.5) is 39.5 Å². The third-order valence-corrected chi connectivity index (χ3v) is 2.47. The Bertz CT molecular complexity index is 266. The van der Waals surface area contributed by atoms with Gasteiger partial charge in [0.25, 0.3) is 0 Å². The largest absolute Gasteiger partial charge is 0.446 e. The van der Waals surface area contributed by atoms with E-state index in [4.69, 9.17) is 0 Å². The molecule has 0 atom stereocenters.